The smallest absolute Gasteiger partial charge is 0.135 e. The number of rotatable bonds is 3. The maximum Gasteiger partial charge on any atom is 0.135 e. The highest BCUT2D eigenvalue weighted by molar-refractivity contribution is 5.79. The maximum absolute atomic E-state index is 11.1. The zero-order valence-electron chi connectivity index (χ0n) is 9.55. The molecule has 1 aliphatic heterocycles. The standard InChI is InChI=1S/C12H21NO/c1-4-5-10(2)11(3)13-8-6-12(14)7-9-13/h5,11H,4,6-9H2,1-3H3/b10-5+. The number of carbonyl (C=O) groups is 1. The summed E-state index contributed by atoms with van der Waals surface area (Å²) in [6.07, 6.45) is 4.86. The average Bonchev–Trinajstić information content (AvgIpc) is 2.18. The Morgan fingerprint density at radius 2 is 2.07 bits per heavy atom. The van der Waals surface area contributed by atoms with Crippen LogP contribution in [0.1, 0.15) is 40.0 Å². The fraction of sp³-hybridized carbons (Fsp3) is 0.750. The Kier molecular flexibility index (Phi) is 4.33. The van der Waals surface area contributed by atoms with Crippen LogP contribution in [0.2, 0.25) is 0 Å². The number of Topliss-reactive ketones (excluding diaryl/α,β-unsaturated/α-hetero) is 1. The molecule has 1 atom stereocenters. The van der Waals surface area contributed by atoms with Crippen LogP contribution in [0.15, 0.2) is 11.6 Å². The molecule has 1 rings (SSSR count). The van der Waals surface area contributed by atoms with Gasteiger partial charge in [0, 0.05) is 32.0 Å². The molecule has 1 unspecified atom stereocenters. The van der Waals surface area contributed by atoms with E-state index in [4.69, 9.17) is 0 Å². The Labute approximate surface area is 87.0 Å². The lowest BCUT2D eigenvalue weighted by Crippen LogP contribution is -2.40. The van der Waals surface area contributed by atoms with Crippen LogP contribution in [0, 0.1) is 0 Å². The summed E-state index contributed by atoms with van der Waals surface area (Å²) < 4.78 is 0. The van der Waals surface area contributed by atoms with Crippen molar-refractivity contribution in [1.82, 2.24) is 4.90 Å². The van der Waals surface area contributed by atoms with E-state index < -0.39 is 0 Å². The number of hydrogen-bond acceptors (Lipinski definition) is 2. The molecule has 0 aliphatic carbocycles. The lowest BCUT2D eigenvalue weighted by molar-refractivity contribution is -0.121. The highest BCUT2D eigenvalue weighted by Crippen LogP contribution is 2.15. The maximum atomic E-state index is 11.1. The molecule has 0 bridgehead atoms. The molecule has 0 saturated carbocycles. The quantitative estimate of drug-likeness (QED) is 0.644. The summed E-state index contributed by atoms with van der Waals surface area (Å²) in [4.78, 5) is 13.5. The van der Waals surface area contributed by atoms with Crippen molar-refractivity contribution in [2.24, 2.45) is 0 Å². The van der Waals surface area contributed by atoms with Crippen molar-refractivity contribution in [2.75, 3.05) is 13.1 Å². The Morgan fingerprint density at radius 1 is 1.50 bits per heavy atom. The summed E-state index contributed by atoms with van der Waals surface area (Å²) in [6, 6.07) is 0.503. The molecule has 0 aromatic rings. The van der Waals surface area contributed by atoms with E-state index in [2.05, 4.69) is 31.7 Å². The van der Waals surface area contributed by atoms with Crippen LogP contribution in [-0.4, -0.2) is 29.8 Å². The lowest BCUT2D eigenvalue weighted by atomic mass is 10.0. The van der Waals surface area contributed by atoms with E-state index >= 15 is 0 Å². The first-order valence-electron chi connectivity index (χ1n) is 5.57. The lowest BCUT2D eigenvalue weighted by Gasteiger charge is -2.32. The van der Waals surface area contributed by atoms with E-state index in [-0.39, 0.29) is 0 Å². The van der Waals surface area contributed by atoms with Gasteiger partial charge in [0.1, 0.15) is 5.78 Å². The SMILES string of the molecule is CC/C=C(\C)C(C)N1CCC(=O)CC1. The van der Waals surface area contributed by atoms with Crippen molar-refractivity contribution < 1.29 is 4.79 Å². The summed E-state index contributed by atoms with van der Waals surface area (Å²) in [5.74, 6) is 0.422. The normalized spacial score (nSPS) is 22.5. The number of allylic oxidation sites excluding steroid dienone is 1. The van der Waals surface area contributed by atoms with Crippen LogP contribution >= 0.6 is 0 Å². The minimum Gasteiger partial charge on any atom is -0.300 e. The van der Waals surface area contributed by atoms with Crippen molar-refractivity contribution in [3.8, 4) is 0 Å². The van der Waals surface area contributed by atoms with Gasteiger partial charge in [0.15, 0.2) is 0 Å². The van der Waals surface area contributed by atoms with Crippen LogP contribution < -0.4 is 0 Å². The summed E-state index contributed by atoms with van der Waals surface area (Å²) in [7, 11) is 0. The van der Waals surface area contributed by atoms with Crippen molar-refractivity contribution in [1.29, 1.82) is 0 Å². The van der Waals surface area contributed by atoms with Crippen LogP contribution in [0.5, 0.6) is 0 Å². The van der Waals surface area contributed by atoms with Crippen molar-refractivity contribution in [3.63, 3.8) is 0 Å². The largest absolute Gasteiger partial charge is 0.300 e. The van der Waals surface area contributed by atoms with Crippen molar-refractivity contribution in [2.45, 2.75) is 46.1 Å². The monoisotopic (exact) mass is 195 g/mol. The topological polar surface area (TPSA) is 20.3 Å². The molecule has 80 valence electrons. The van der Waals surface area contributed by atoms with Gasteiger partial charge in [-0.1, -0.05) is 18.6 Å². The number of piperidine rings is 1. The van der Waals surface area contributed by atoms with E-state index in [0.717, 1.165) is 32.4 Å². The molecule has 0 amide bonds. The number of hydrogen-bond donors (Lipinski definition) is 0. The molecule has 2 nitrogen and oxygen atoms in total. The Bertz CT molecular complexity index is 222. The first-order chi connectivity index (χ1) is 6.65. The average molecular weight is 195 g/mol. The molecule has 0 radical (unpaired) electrons. The molecule has 1 aliphatic rings. The van der Waals surface area contributed by atoms with E-state index in [1.807, 2.05) is 0 Å². The van der Waals surface area contributed by atoms with E-state index in [1.165, 1.54) is 5.57 Å². The molecule has 1 fully saturated rings. The predicted molar refractivity (Wildman–Crippen MR) is 59.3 cm³/mol. The molecular formula is C12H21NO. The Balaban J connectivity index is 2.48. The summed E-state index contributed by atoms with van der Waals surface area (Å²) in [5, 5.41) is 0. The number of likely N-dealkylation sites (tertiary alicyclic amines) is 1. The second-order valence-electron chi connectivity index (χ2n) is 4.11. The molecule has 0 spiro atoms. The second-order valence-corrected chi connectivity index (χ2v) is 4.11. The number of nitrogens with zero attached hydrogens (tertiary/aromatic N) is 1. The third-order valence-electron chi connectivity index (χ3n) is 3.09. The van der Waals surface area contributed by atoms with Crippen LogP contribution in [0.4, 0.5) is 0 Å². The van der Waals surface area contributed by atoms with Gasteiger partial charge in [0.25, 0.3) is 0 Å². The van der Waals surface area contributed by atoms with E-state index in [9.17, 15) is 4.79 Å². The molecular weight excluding hydrogens is 174 g/mol. The molecule has 14 heavy (non-hydrogen) atoms. The number of carbonyl (C=O) groups excluding carboxylic acids is 1. The zero-order valence-corrected chi connectivity index (χ0v) is 9.55. The van der Waals surface area contributed by atoms with Crippen LogP contribution in [-0.2, 0) is 4.79 Å². The third kappa shape index (κ3) is 2.95. The zero-order chi connectivity index (χ0) is 10.6. The molecule has 0 aromatic heterocycles. The van der Waals surface area contributed by atoms with E-state index in [0.29, 0.717) is 11.8 Å². The Hall–Kier alpha value is -0.630. The van der Waals surface area contributed by atoms with Crippen molar-refractivity contribution >= 4 is 5.78 Å². The van der Waals surface area contributed by atoms with Crippen LogP contribution in [0.25, 0.3) is 0 Å². The highest BCUT2D eigenvalue weighted by atomic mass is 16.1. The van der Waals surface area contributed by atoms with Gasteiger partial charge in [-0.2, -0.15) is 0 Å². The minimum atomic E-state index is 0.422. The van der Waals surface area contributed by atoms with Crippen molar-refractivity contribution in [3.05, 3.63) is 11.6 Å². The van der Waals surface area contributed by atoms with Gasteiger partial charge in [-0.15, -0.1) is 0 Å². The number of ketones is 1. The molecule has 1 heterocycles. The first-order valence-corrected chi connectivity index (χ1v) is 5.57. The van der Waals surface area contributed by atoms with E-state index in [1.54, 1.807) is 0 Å². The summed E-state index contributed by atoms with van der Waals surface area (Å²) in [6.45, 7) is 8.46. The fourth-order valence-electron chi connectivity index (χ4n) is 1.94. The summed E-state index contributed by atoms with van der Waals surface area (Å²) >= 11 is 0. The molecule has 2 heteroatoms. The first kappa shape index (κ1) is 11.4. The van der Waals surface area contributed by atoms with Gasteiger partial charge in [0.2, 0.25) is 0 Å². The van der Waals surface area contributed by atoms with Gasteiger partial charge in [0.05, 0.1) is 0 Å². The van der Waals surface area contributed by atoms with Gasteiger partial charge < -0.3 is 0 Å². The Morgan fingerprint density at radius 3 is 2.57 bits per heavy atom. The minimum absolute atomic E-state index is 0.422. The second kappa shape index (κ2) is 5.30. The predicted octanol–water partition coefficient (Wildman–Crippen LogP) is 2.40. The van der Waals surface area contributed by atoms with Gasteiger partial charge in [-0.3, -0.25) is 9.69 Å². The summed E-state index contributed by atoms with van der Waals surface area (Å²) in [5.41, 5.74) is 1.43. The molecule has 1 saturated heterocycles. The molecule has 0 aromatic carbocycles. The van der Waals surface area contributed by atoms with Gasteiger partial charge >= 0.3 is 0 Å². The molecule has 0 N–H and O–H groups in total. The highest BCUT2D eigenvalue weighted by Gasteiger charge is 2.20. The fourth-order valence-corrected chi connectivity index (χ4v) is 1.94. The van der Waals surface area contributed by atoms with Crippen LogP contribution in [0.3, 0.4) is 0 Å². The van der Waals surface area contributed by atoms with Gasteiger partial charge in [-0.25, -0.2) is 0 Å². The van der Waals surface area contributed by atoms with Gasteiger partial charge in [-0.05, 0) is 20.3 Å². The third-order valence-corrected chi connectivity index (χ3v) is 3.09.